The predicted molar refractivity (Wildman–Crippen MR) is 110 cm³/mol. The van der Waals surface area contributed by atoms with Gasteiger partial charge in [0.2, 0.25) is 6.79 Å². The average molecular weight is 392 g/mol. The summed E-state index contributed by atoms with van der Waals surface area (Å²) in [5.41, 5.74) is 2.85. The van der Waals surface area contributed by atoms with Crippen LogP contribution >= 0.6 is 0 Å². The Labute approximate surface area is 168 Å². The number of anilines is 3. The van der Waals surface area contributed by atoms with Crippen molar-refractivity contribution in [2.45, 2.75) is 0 Å². The van der Waals surface area contributed by atoms with E-state index in [-0.39, 0.29) is 12.7 Å². The molecule has 1 heterocycles. The molecule has 1 amide bonds. The van der Waals surface area contributed by atoms with Crippen LogP contribution in [0.4, 0.5) is 17.1 Å². The van der Waals surface area contributed by atoms with Crippen LogP contribution in [0.25, 0.3) is 0 Å². The molecule has 1 aliphatic heterocycles. The highest BCUT2D eigenvalue weighted by molar-refractivity contribution is 6.04. The Bertz CT molecular complexity index is 1030. The lowest BCUT2D eigenvalue weighted by atomic mass is 10.2. The zero-order chi connectivity index (χ0) is 20.2. The summed E-state index contributed by atoms with van der Waals surface area (Å²) in [7, 11) is 3.22. The number of carbonyl (C=O) groups excluding carboxylic acids is 1. The van der Waals surface area contributed by atoms with E-state index in [0.29, 0.717) is 34.2 Å². The van der Waals surface area contributed by atoms with Crippen molar-refractivity contribution in [3.05, 3.63) is 66.2 Å². The number of ether oxygens (including phenoxy) is 4. The van der Waals surface area contributed by atoms with Gasteiger partial charge in [0.1, 0.15) is 11.5 Å². The molecular formula is C22H20N2O5. The van der Waals surface area contributed by atoms with Crippen molar-refractivity contribution in [1.82, 2.24) is 0 Å². The van der Waals surface area contributed by atoms with Crippen LogP contribution in [0.2, 0.25) is 0 Å². The molecule has 3 aromatic rings. The summed E-state index contributed by atoms with van der Waals surface area (Å²) in [6.45, 7) is 0.174. The van der Waals surface area contributed by atoms with Crippen molar-refractivity contribution < 1.29 is 23.7 Å². The lowest BCUT2D eigenvalue weighted by Gasteiger charge is -2.13. The number of rotatable bonds is 6. The van der Waals surface area contributed by atoms with E-state index in [0.717, 1.165) is 11.4 Å². The third-order valence-corrected chi connectivity index (χ3v) is 4.47. The number of methoxy groups -OCH3 is 2. The molecule has 148 valence electrons. The van der Waals surface area contributed by atoms with Crippen molar-refractivity contribution in [3.63, 3.8) is 0 Å². The zero-order valence-corrected chi connectivity index (χ0v) is 16.0. The maximum absolute atomic E-state index is 12.5. The second kappa shape index (κ2) is 8.02. The first kappa shape index (κ1) is 18.5. The monoisotopic (exact) mass is 392 g/mol. The van der Waals surface area contributed by atoms with Gasteiger partial charge >= 0.3 is 0 Å². The molecule has 4 rings (SSSR count). The third kappa shape index (κ3) is 4.03. The molecule has 0 radical (unpaired) electrons. The molecule has 1 aliphatic rings. The fourth-order valence-corrected chi connectivity index (χ4v) is 2.94. The smallest absolute Gasteiger partial charge is 0.255 e. The molecule has 7 heteroatoms. The van der Waals surface area contributed by atoms with Gasteiger partial charge in [-0.25, -0.2) is 0 Å². The van der Waals surface area contributed by atoms with Gasteiger partial charge in [-0.05, 0) is 54.6 Å². The molecule has 0 spiro atoms. The summed E-state index contributed by atoms with van der Waals surface area (Å²) in [4.78, 5) is 12.5. The van der Waals surface area contributed by atoms with E-state index < -0.39 is 0 Å². The van der Waals surface area contributed by atoms with Gasteiger partial charge in [-0.3, -0.25) is 4.79 Å². The Hall–Kier alpha value is -3.87. The zero-order valence-electron chi connectivity index (χ0n) is 16.0. The highest BCUT2D eigenvalue weighted by atomic mass is 16.7. The molecule has 2 N–H and O–H groups in total. The third-order valence-electron chi connectivity index (χ3n) is 4.47. The van der Waals surface area contributed by atoms with Gasteiger partial charge in [-0.15, -0.1) is 0 Å². The molecular weight excluding hydrogens is 372 g/mol. The van der Waals surface area contributed by atoms with Crippen LogP contribution in [0.5, 0.6) is 23.0 Å². The minimum atomic E-state index is -0.221. The lowest BCUT2D eigenvalue weighted by molar-refractivity contribution is 0.102. The molecule has 29 heavy (non-hydrogen) atoms. The summed E-state index contributed by atoms with van der Waals surface area (Å²) >= 11 is 0. The minimum Gasteiger partial charge on any atom is -0.497 e. The van der Waals surface area contributed by atoms with Crippen LogP contribution in [0.3, 0.4) is 0 Å². The molecule has 3 aromatic carbocycles. The first-order valence-corrected chi connectivity index (χ1v) is 8.96. The Morgan fingerprint density at radius 2 is 1.62 bits per heavy atom. The standard InChI is InChI=1S/C22H20N2O5/c1-26-17-8-9-18(20(12-17)27-2)23-15-4-6-16(7-5-15)24-22(25)14-3-10-19-21(11-14)29-13-28-19/h3-12,23H,13H2,1-2H3,(H,24,25). The summed E-state index contributed by atoms with van der Waals surface area (Å²) in [5, 5.41) is 6.17. The van der Waals surface area contributed by atoms with Crippen molar-refractivity contribution in [1.29, 1.82) is 0 Å². The van der Waals surface area contributed by atoms with Gasteiger partial charge in [0.15, 0.2) is 11.5 Å². The minimum absolute atomic E-state index is 0.174. The summed E-state index contributed by atoms with van der Waals surface area (Å²) < 4.78 is 21.2. The van der Waals surface area contributed by atoms with Crippen molar-refractivity contribution >= 4 is 23.0 Å². The first-order valence-electron chi connectivity index (χ1n) is 8.96. The number of hydrogen-bond acceptors (Lipinski definition) is 6. The number of benzene rings is 3. The average Bonchev–Trinajstić information content (AvgIpc) is 3.23. The molecule has 0 fully saturated rings. The molecule has 0 saturated heterocycles. The van der Waals surface area contributed by atoms with Gasteiger partial charge in [-0.1, -0.05) is 0 Å². The van der Waals surface area contributed by atoms with Crippen LogP contribution in [0.1, 0.15) is 10.4 Å². The highest BCUT2D eigenvalue weighted by Crippen LogP contribution is 2.33. The summed E-state index contributed by atoms with van der Waals surface area (Å²) in [6, 6.07) is 18.0. The van der Waals surface area contributed by atoms with E-state index in [1.807, 2.05) is 42.5 Å². The van der Waals surface area contributed by atoms with Crippen LogP contribution in [0, 0.1) is 0 Å². The first-order chi connectivity index (χ1) is 14.2. The van der Waals surface area contributed by atoms with Gasteiger partial charge in [0.05, 0.1) is 19.9 Å². The van der Waals surface area contributed by atoms with E-state index in [1.54, 1.807) is 32.4 Å². The Balaban J connectivity index is 1.43. The summed E-state index contributed by atoms with van der Waals surface area (Å²) in [6.07, 6.45) is 0. The summed E-state index contributed by atoms with van der Waals surface area (Å²) in [5.74, 6) is 2.39. The van der Waals surface area contributed by atoms with E-state index in [1.165, 1.54) is 0 Å². The molecule has 0 atom stereocenters. The number of amides is 1. The Morgan fingerprint density at radius 1 is 0.862 bits per heavy atom. The lowest BCUT2D eigenvalue weighted by Crippen LogP contribution is -2.11. The van der Waals surface area contributed by atoms with Crippen LogP contribution in [-0.4, -0.2) is 26.9 Å². The second-order valence-corrected chi connectivity index (χ2v) is 6.29. The molecule has 0 aliphatic carbocycles. The topological polar surface area (TPSA) is 78.1 Å². The van der Waals surface area contributed by atoms with Crippen molar-refractivity contribution in [2.24, 2.45) is 0 Å². The van der Waals surface area contributed by atoms with E-state index >= 15 is 0 Å². The SMILES string of the molecule is COc1ccc(Nc2ccc(NC(=O)c3ccc4c(c3)OCO4)cc2)c(OC)c1. The van der Waals surface area contributed by atoms with Gasteiger partial charge in [0, 0.05) is 23.0 Å². The van der Waals surface area contributed by atoms with Crippen LogP contribution in [-0.2, 0) is 0 Å². The predicted octanol–water partition coefficient (Wildman–Crippen LogP) is 4.43. The Kier molecular flexibility index (Phi) is 5.11. The normalized spacial score (nSPS) is 11.7. The van der Waals surface area contributed by atoms with E-state index in [4.69, 9.17) is 18.9 Å². The molecule has 0 bridgehead atoms. The maximum atomic E-state index is 12.5. The fourth-order valence-electron chi connectivity index (χ4n) is 2.94. The number of fused-ring (bicyclic) bond motifs is 1. The van der Waals surface area contributed by atoms with Gasteiger partial charge in [0.25, 0.3) is 5.91 Å². The molecule has 0 aromatic heterocycles. The number of carbonyl (C=O) groups is 1. The molecule has 0 saturated carbocycles. The number of hydrogen-bond donors (Lipinski definition) is 2. The molecule has 0 unspecified atom stereocenters. The Morgan fingerprint density at radius 3 is 2.38 bits per heavy atom. The van der Waals surface area contributed by atoms with Crippen molar-refractivity contribution in [2.75, 3.05) is 31.6 Å². The van der Waals surface area contributed by atoms with Crippen LogP contribution in [0.15, 0.2) is 60.7 Å². The highest BCUT2D eigenvalue weighted by Gasteiger charge is 2.16. The quantitative estimate of drug-likeness (QED) is 0.646. The second-order valence-electron chi connectivity index (χ2n) is 6.29. The van der Waals surface area contributed by atoms with Gasteiger partial charge < -0.3 is 29.6 Å². The maximum Gasteiger partial charge on any atom is 0.255 e. The van der Waals surface area contributed by atoms with Crippen LogP contribution < -0.4 is 29.6 Å². The van der Waals surface area contributed by atoms with E-state index in [2.05, 4.69) is 10.6 Å². The fraction of sp³-hybridized carbons (Fsp3) is 0.136. The van der Waals surface area contributed by atoms with Gasteiger partial charge in [-0.2, -0.15) is 0 Å². The molecule has 7 nitrogen and oxygen atoms in total. The largest absolute Gasteiger partial charge is 0.497 e. The van der Waals surface area contributed by atoms with Crippen molar-refractivity contribution in [3.8, 4) is 23.0 Å². The van der Waals surface area contributed by atoms with E-state index in [9.17, 15) is 4.79 Å². The number of nitrogens with one attached hydrogen (secondary N) is 2.